The standard InChI is InChI=1S/C21H26N5O8.CHF3O3S/c1-23-11-22-17-14(23)18(30)26(21(32)24(17)2)7-4-8-33-20(31)12-5-3-6-25(9-12)19-16(29)15(28)13(10-27)34-19;2-1(3,4)8(5,6)7/h3,5-6,9,11,13,15-16,19,27-29H,4,7-8,10H2,1-2H3;(H,5,6,7)/q+1;/p-1/t13-,15-,16-,19-;/m1./s1. The number of carbonyl (C=O) groups excluding carboxylic acids is 1. The van der Waals surface area contributed by atoms with Gasteiger partial charge in [0.2, 0.25) is 0 Å². The third kappa shape index (κ3) is 6.85. The van der Waals surface area contributed by atoms with Gasteiger partial charge in [0.25, 0.3) is 11.8 Å². The molecule has 4 atom stereocenters. The van der Waals surface area contributed by atoms with Crippen LogP contribution in [0.3, 0.4) is 0 Å². The fourth-order valence-electron chi connectivity index (χ4n) is 3.96. The fourth-order valence-corrected chi connectivity index (χ4v) is 3.96. The number of aliphatic hydroxyl groups excluding tert-OH is 3. The molecule has 4 rings (SSSR count). The molecule has 4 heterocycles. The molecular formula is C22H26F3N5O11S. The third-order valence-corrected chi connectivity index (χ3v) is 6.68. The van der Waals surface area contributed by atoms with E-state index in [1.54, 1.807) is 23.9 Å². The molecule has 20 heteroatoms. The van der Waals surface area contributed by atoms with E-state index in [1.165, 1.54) is 34.8 Å². The second-order valence-corrected chi connectivity index (χ2v) is 10.4. The lowest BCUT2D eigenvalue weighted by Crippen LogP contribution is -2.46. The molecule has 0 unspecified atom stereocenters. The highest BCUT2D eigenvalue weighted by Crippen LogP contribution is 2.25. The first kappa shape index (κ1) is 32.8. The van der Waals surface area contributed by atoms with E-state index in [9.17, 15) is 42.9 Å². The molecule has 1 aliphatic heterocycles. The van der Waals surface area contributed by atoms with Crippen LogP contribution in [0.25, 0.3) is 11.2 Å². The number of aliphatic hydroxyl groups is 3. The molecule has 0 radical (unpaired) electrons. The van der Waals surface area contributed by atoms with Crippen LogP contribution in [0, 0.1) is 0 Å². The Kier molecular flexibility index (Phi) is 9.90. The van der Waals surface area contributed by atoms with Crippen LogP contribution in [0.5, 0.6) is 0 Å². The number of aromatic nitrogens is 5. The van der Waals surface area contributed by atoms with E-state index in [0.717, 1.165) is 4.57 Å². The molecule has 1 saturated heterocycles. The Morgan fingerprint density at radius 3 is 2.45 bits per heavy atom. The number of halogens is 3. The minimum atomic E-state index is -6.09. The molecule has 0 aromatic carbocycles. The number of imidazole rings is 1. The molecule has 3 N–H and O–H groups in total. The number of fused-ring (bicyclic) bond motifs is 1. The molecule has 1 fully saturated rings. The summed E-state index contributed by atoms with van der Waals surface area (Å²) in [6, 6.07) is 3.06. The summed E-state index contributed by atoms with van der Waals surface area (Å²) in [7, 11) is -2.89. The molecule has 0 bridgehead atoms. The molecule has 42 heavy (non-hydrogen) atoms. The molecule has 1 aliphatic rings. The van der Waals surface area contributed by atoms with Gasteiger partial charge in [0, 0.05) is 26.7 Å². The number of carbonyl (C=O) groups is 1. The van der Waals surface area contributed by atoms with Crippen LogP contribution < -0.4 is 15.8 Å². The van der Waals surface area contributed by atoms with Gasteiger partial charge in [-0.15, -0.1) is 0 Å². The lowest BCUT2D eigenvalue weighted by atomic mass is 10.1. The number of esters is 1. The fraction of sp³-hybridized carbons (Fsp3) is 0.500. The van der Waals surface area contributed by atoms with E-state index >= 15 is 0 Å². The van der Waals surface area contributed by atoms with E-state index < -0.39 is 64.0 Å². The van der Waals surface area contributed by atoms with Gasteiger partial charge in [0.1, 0.15) is 17.8 Å². The number of rotatable bonds is 7. The Morgan fingerprint density at radius 1 is 1.24 bits per heavy atom. The first-order valence-corrected chi connectivity index (χ1v) is 13.3. The van der Waals surface area contributed by atoms with Crippen molar-refractivity contribution in [3.63, 3.8) is 0 Å². The van der Waals surface area contributed by atoms with Gasteiger partial charge in [-0.25, -0.2) is 23.0 Å². The van der Waals surface area contributed by atoms with Crippen molar-refractivity contribution in [2.24, 2.45) is 14.1 Å². The van der Waals surface area contributed by atoms with Crippen molar-refractivity contribution in [3.05, 3.63) is 57.3 Å². The third-order valence-electron chi connectivity index (χ3n) is 6.11. The van der Waals surface area contributed by atoms with Crippen LogP contribution in [-0.4, -0.2) is 90.0 Å². The minimum Gasteiger partial charge on any atom is -0.741 e. The van der Waals surface area contributed by atoms with Crippen LogP contribution in [0.15, 0.2) is 40.4 Å². The molecule has 3 aromatic rings. The Bertz CT molecular complexity index is 1670. The number of hydrogen-bond acceptors (Lipinski definition) is 12. The Hall–Kier alpha value is -3.69. The summed E-state index contributed by atoms with van der Waals surface area (Å²) in [5, 5.41) is 29.3. The highest BCUT2D eigenvalue weighted by atomic mass is 32.2. The van der Waals surface area contributed by atoms with E-state index in [-0.39, 0.29) is 25.1 Å². The van der Waals surface area contributed by atoms with Crippen molar-refractivity contribution in [2.45, 2.75) is 43.0 Å². The van der Waals surface area contributed by atoms with Crippen LogP contribution in [0.1, 0.15) is 23.0 Å². The number of ether oxygens (including phenoxy) is 2. The SMILES string of the molecule is Cn1cnc2c1c(=O)n(CCCOC(=O)c1ccc[n+]([C@@H]3O[C@H](CO)[C@@H](O)[C@H]3O)c1)c(=O)n2C.O=S(=O)([O-])C(F)(F)F. The molecule has 16 nitrogen and oxygen atoms in total. The van der Waals surface area contributed by atoms with Crippen molar-refractivity contribution >= 4 is 27.3 Å². The van der Waals surface area contributed by atoms with E-state index in [4.69, 9.17) is 22.4 Å². The van der Waals surface area contributed by atoms with E-state index in [2.05, 4.69) is 4.98 Å². The largest absolute Gasteiger partial charge is 0.741 e. The first-order valence-electron chi connectivity index (χ1n) is 11.9. The number of pyridine rings is 1. The van der Waals surface area contributed by atoms with Crippen LogP contribution in [-0.2, 0) is 40.2 Å². The van der Waals surface area contributed by atoms with Gasteiger partial charge in [-0.3, -0.25) is 13.9 Å². The van der Waals surface area contributed by atoms with Gasteiger partial charge >= 0.3 is 17.2 Å². The monoisotopic (exact) mass is 625 g/mol. The highest BCUT2D eigenvalue weighted by molar-refractivity contribution is 7.86. The maximum atomic E-state index is 12.7. The molecule has 232 valence electrons. The molecular weight excluding hydrogens is 599 g/mol. The van der Waals surface area contributed by atoms with Gasteiger partial charge in [-0.1, -0.05) is 0 Å². The van der Waals surface area contributed by atoms with Crippen LogP contribution >= 0.6 is 0 Å². The highest BCUT2D eigenvalue weighted by Gasteiger charge is 2.48. The first-order chi connectivity index (χ1) is 19.5. The quantitative estimate of drug-likeness (QED) is 0.0825. The van der Waals surface area contributed by atoms with Gasteiger partial charge in [0.05, 0.1) is 19.5 Å². The number of nitrogens with zero attached hydrogens (tertiary/aromatic N) is 5. The molecule has 0 spiro atoms. The van der Waals surface area contributed by atoms with Crippen molar-refractivity contribution in [3.8, 4) is 0 Å². The Balaban J connectivity index is 0.000000531. The van der Waals surface area contributed by atoms with Gasteiger partial charge in [-0.2, -0.15) is 17.7 Å². The zero-order valence-electron chi connectivity index (χ0n) is 21.9. The summed E-state index contributed by atoms with van der Waals surface area (Å²) in [6.45, 7) is -0.450. The smallest absolute Gasteiger partial charge is 0.485 e. The van der Waals surface area contributed by atoms with Crippen molar-refractivity contribution in [2.75, 3.05) is 13.2 Å². The van der Waals surface area contributed by atoms with Crippen molar-refractivity contribution in [1.82, 2.24) is 18.7 Å². The van der Waals surface area contributed by atoms with Crippen molar-refractivity contribution < 1.29 is 60.3 Å². The van der Waals surface area contributed by atoms with E-state index in [0.29, 0.717) is 11.2 Å². The Morgan fingerprint density at radius 2 is 1.88 bits per heavy atom. The zero-order valence-corrected chi connectivity index (χ0v) is 22.7. The zero-order chi connectivity index (χ0) is 31.6. The summed E-state index contributed by atoms with van der Waals surface area (Å²) >= 11 is 0. The van der Waals surface area contributed by atoms with Gasteiger partial charge < -0.3 is 33.9 Å². The van der Waals surface area contributed by atoms with Gasteiger partial charge in [0.15, 0.2) is 39.8 Å². The second-order valence-electron chi connectivity index (χ2n) is 8.98. The lowest BCUT2D eigenvalue weighted by molar-refractivity contribution is -0.765. The van der Waals surface area contributed by atoms with E-state index in [1.807, 2.05) is 0 Å². The topological polar surface area (TPSA) is 219 Å². The minimum absolute atomic E-state index is 0.0411. The molecule has 3 aromatic heterocycles. The van der Waals surface area contributed by atoms with Crippen LogP contribution in [0.4, 0.5) is 13.2 Å². The molecule has 0 amide bonds. The van der Waals surface area contributed by atoms with Crippen LogP contribution in [0.2, 0.25) is 0 Å². The summed E-state index contributed by atoms with van der Waals surface area (Å²) in [5.74, 6) is -0.650. The van der Waals surface area contributed by atoms with Crippen molar-refractivity contribution in [1.29, 1.82) is 0 Å². The second kappa shape index (κ2) is 12.7. The summed E-state index contributed by atoms with van der Waals surface area (Å²) in [4.78, 5) is 41.8. The predicted molar refractivity (Wildman–Crippen MR) is 131 cm³/mol. The summed E-state index contributed by atoms with van der Waals surface area (Å²) in [5.41, 5.74) is -5.85. The number of hydrogen-bond donors (Lipinski definition) is 3. The Labute approximate surface area is 234 Å². The predicted octanol–water partition coefficient (Wildman–Crippen LogP) is -2.37. The number of alkyl halides is 3. The lowest BCUT2D eigenvalue weighted by Gasteiger charge is -2.11. The molecule has 0 saturated carbocycles. The summed E-state index contributed by atoms with van der Waals surface area (Å²) < 4.78 is 75.0. The molecule has 0 aliphatic carbocycles. The maximum absolute atomic E-state index is 12.7. The maximum Gasteiger partial charge on any atom is 0.485 e. The average molecular weight is 626 g/mol. The summed E-state index contributed by atoms with van der Waals surface area (Å²) in [6.07, 6.45) is 0.170. The van der Waals surface area contributed by atoms with Gasteiger partial charge in [-0.05, 0) is 12.5 Å². The average Bonchev–Trinajstić information content (AvgIpc) is 3.45. The normalized spacial score (nSPS) is 20.8. The number of aryl methyl sites for hydroxylation is 2.